The Morgan fingerprint density at radius 1 is 1.08 bits per heavy atom. The van der Waals surface area contributed by atoms with Gasteiger partial charge < -0.3 is 10.6 Å². The zero-order chi connectivity index (χ0) is 16.9. The van der Waals surface area contributed by atoms with E-state index in [-0.39, 0.29) is 12.4 Å². The molecule has 0 aliphatic carbocycles. The number of piperidine rings is 1. The number of halogens is 3. The first-order valence-electron chi connectivity index (χ1n) is 8.47. The van der Waals surface area contributed by atoms with E-state index in [1.54, 1.807) is 6.07 Å². The molecule has 8 heteroatoms. The second-order valence-electron chi connectivity index (χ2n) is 6.33. The molecule has 0 spiro atoms. The number of nitrogens with zero attached hydrogens (tertiary/aromatic N) is 4. The number of nitrogens with two attached hydrogens (primary N) is 1. The second-order valence-corrected chi connectivity index (χ2v) is 7.15. The lowest BCUT2D eigenvalue weighted by molar-refractivity contribution is 0.226. The minimum atomic E-state index is 0. The largest absolute Gasteiger partial charge is 0.381 e. The number of rotatable bonds is 6. The number of anilines is 1. The molecule has 0 unspecified atom stereocenters. The average molecular weight is 405 g/mol. The Morgan fingerprint density at radius 2 is 1.84 bits per heavy atom. The molecule has 1 aromatic carbocycles. The van der Waals surface area contributed by atoms with E-state index in [0.29, 0.717) is 22.4 Å². The summed E-state index contributed by atoms with van der Waals surface area (Å²) in [5, 5.41) is 9.32. The van der Waals surface area contributed by atoms with E-state index in [4.69, 9.17) is 28.9 Å². The van der Waals surface area contributed by atoms with E-state index < -0.39 is 0 Å². The van der Waals surface area contributed by atoms with Crippen LogP contribution in [-0.4, -0.2) is 39.5 Å². The minimum Gasteiger partial charge on any atom is -0.381 e. The summed E-state index contributed by atoms with van der Waals surface area (Å²) in [7, 11) is 0. The fraction of sp³-hybridized carbons (Fsp3) is 0.529. The number of hydrogen-bond donors (Lipinski definition) is 1. The fourth-order valence-electron chi connectivity index (χ4n) is 3.19. The molecule has 2 aromatic rings. The van der Waals surface area contributed by atoms with Gasteiger partial charge in [-0.2, -0.15) is 0 Å². The summed E-state index contributed by atoms with van der Waals surface area (Å²) in [5.41, 5.74) is 8.05. The fourth-order valence-corrected chi connectivity index (χ4v) is 3.51. The first-order chi connectivity index (χ1) is 11.6. The Kier molecular flexibility index (Phi) is 7.81. The maximum Gasteiger partial charge on any atom is 0.169 e. The van der Waals surface area contributed by atoms with Gasteiger partial charge >= 0.3 is 0 Å². The van der Waals surface area contributed by atoms with Gasteiger partial charge in [0.25, 0.3) is 0 Å². The number of aromatic nitrogens is 3. The van der Waals surface area contributed by atoms with Crippen LogP contribution in [0.25, 0.3) is 0 Å². The molecule has 25 heavy (non-hydrogen) atoms. The first-order valence-corrected chi connectivity index (χ1v) is 9.23. The van der Waals surface area contributed by atoms with Gasteiger partial charge in [0.15, 0.2) is 5.82 Å². The van der Waals surface area contributed by atoms with Gasteiger partial charge in [0.1, 0.15) is 0 Å². The Morgan fingerprint density at radius 3 is 2.56 bits per heavy atom. The van der Waals surface area contributed by atoms with Gasteiger partial charge in [0, 0.05) is 0 Å². The standard InChI is InChI=1S/C17H23Cl2N5.ClH/c18-14-7-6-13(11-15(14)19)12-24-16(17(20)21-22-24)5-4-10-23-8-2-1-3-9-23;/h6-7,11H,1-5,8-10,12,20H2;1H. The van der Waals surface area contributed by atoms with Crippen LogP contribution in [0.5, 0.6) is 0 Å². The van der Waals surface area contributed by atoms with E-state index in [9.17, 15) is 0 Å². The van der Waals surface area contributed by atoms with Crippen molar-refractivity contribution in [2.45, 2.75) is 38.6 Å². The lowest BCUT2D eigenvalue weighted by Crippen LogP contribution is -2.30. The zero-order valence-electron chi connectivity index (χ0n) is 14.1. The predicted octanol–water partition coefficient (Wildman–Crippen LogP) is 4.06. The molecule has 1 saturated heterocycles. The van der Waals surface area contributed by atoms with Gasteiger partial charge in [-0.15, -0.1) is 17.5 Å². The van der Waals surface area contributed by atoms with E-state index in [2.05, 4.69) is 15.2 Å². The molecule has 0 atom stereocenters. The maximum atomic E-state index is 6.09. The monoisotopic (exact) mass is 403 g/mol. The van der Waals surface area contributed by atoms with E-state index in [1.807, 2.05) is 16.8 Å². The molecule has 0 amide bonds. The van der Waals surface area contributed by atoms with Crippen molar-refractivity contribution < 1.29 is 0 Å². The third-order valence-corrected chi connectivity index (χ3v) is 5.26. The minimum absolute atomic E-state index is 0. The van der Waals surface area contributed by atoms with E-state index in [1.165, 1.54) is 32.4 Å². The summed E-state index contributed by atoms with van der Waals surface area (Å²) in [5.74, 6) is 0.522. The third-order valence-electron chi connectivity index (χ3n) is 4.52. The Labute approximate surface area is 164 Å². The van der Waals surface area contributed by atoms with Crippen molar-refractivity contribution in [1.82, 2.24) is 19.9 Å². The van der Waals surface area contributed by atoms with Crippen LogP contribution in [0, 0.1) is 0 Å². The highest BCUT2D eigenvalue weighted by molar-refractivity contribution is 6.42. The lowest BCUT2D eigenvalue weighted by atomic mass is 10.1. The van der Waals surface area contributed by atoms with Gasteiger partial charge in [0.05, 0.1) is 22.3 Å². The lowest BCUT2D eigenvalue weighted by Gasteiger charge is -2.26. The van der Waals surface area contributed by atoms with Gasteiger partial charge in [-0.25, -0.2) is 4.68 Å². The SMILES string of the molecule is Cl.Nc1nnn(Cc2ccc(Cl)c(Cl)c2)c1CCCN1CCCCC1. The molecule has 1 fully saturated rings. The normalized spacial score (nSPS) is 15.1. The van der Waals surface area contributed by atoms with Crippen LogP contribution < -0.4 is 5.73 Å². The van der Waals surface area contributed by atoms with Crippen molar-refractivity contribution in [3.63, 3.8) is 0 Å². The zero-order valence-corrected chi connectivity index (χ0v) is 16.5. The van der Waals surface area contributed by atoms with Crippen LogP contribution >= 0.6 is 35.6 Å². The number of likely N-dealkylation sites (tertiary alicyclic amines) is 1. The van der Waals surface area contributed by atoms with Crippen molar-refractivity contribution >= 4 is 41.4 Å². The highest BCUT2D eigenvalue weighted by Crippen LogP contribution is 2.23. The average Bonchev–Trinajstić information content (AvgIpc) is 2.92. The van der Waals surface area contributed by atoms with Crippen molar-refractivity contribution in [3.8, 4) is 0 Å². The molecular formula is C17H24Cl3N5. The predicted molar refractivity (Wildman–Crippen MR) is 106 cm³/mol. The van der Waals surface area contributed by atoms with E-state index in [0.717, 1.165) is 30.6 Å². The van der Waals surface area contributed by atoms with Crippen molar-refractivity contribution in [2.75, 3.05) is 25.4 Å². The highest BCUT2D eigenvalue weighted by atomic mass is 35.5. The highest BCUT2D eigenvalue weighted by Gasteiger charge is 2.13. The molecule has 1 aliphatic rings. The van der Waals surface area contributed by atoms with Crippen LogP contribution in [0.2, 0.25) is 10.0 Å². The summed E-state index contributed by atoms with van der Waals surface area (Å²) < 4.78 is 1.87. The molecule has 1 aliphatic heterocycles. The summed E-state index contributed by atoms with van der Waals surface area (Å²) in [4.78, 5) is 2.53. The molecule has 5 nitrogen and oxygen atoms in total. The quantitative estimate of drug-likeness (QED) is 0.789. The van der Waals surface area contributed by atoms with E-state index >= 15 is 0 Å². The van der Waals surface area contributed by atoms with Crippen LogP contribution in [0.3, 0.4) is 0 Å². The van der Waals surface area contributed by atoms with Gasteiger partial charge in [-0.1, -0.05) is 40.9 Å². The first kappa shape index (κ1) is 20.3. The molecule has 2 heterocycles. The number of nitrogen functional groups attached to an aromatic ring is 1. The summed E-state index contributed by atoms with van der Waals surface area (Å²) in [6.45, 7) is 4.14. The molecule has 2 N–H and O–H groups in total. The summed E-state index contributed by atoms with van der Waals surface area (Å²) >= 11 is 12.1. The number of benzene rings is 1. The summed E-state index contributed by atoms with van der Waals surface area (Å²) in [6.07, 6.45) is 5.96. The second kappa shape index (κ2) is 9.62. The van der Waals surface area contributed by atoms with Gasteiger partial charge in [0.2, 0.25) is 0 Å². The van der Waals surface area contributed by atoms with Crippen LogP contribution in [0.4, 0.5) is 5.82 Å². The summed E-state index contributed by atoms with van der Waals surface area (Å²) in [6, 6.07) is 5.61. The molecule has 0 saturated carbocycles. The Balaban J connectivity index is 0.00000225. The smallest absolute Gasteiger partial charge is 0.169 e. The van der Waals surface area contributed by atoms with Gasteiger partial charge in [-0.05, 0) is 63.0 Å². The van der Waals surface area contributed by atoms with Crippen LogP contribution in [-0.2, 0) is 13.0 Å². The maximum absolute atomic E-state index is 6.09. The number of hydrogen-bond acceptors (Lipinski definition) is 4. The van der Waals surface area contributed by atoms with Crippen molar-refractivity contribution in [2.24, 2.45) is 0 Å². The third kappa shape index (κ3) is 5.48. The van der Waals surface area contributed by atoms with Crippen molar-refractivity contribution in [3.05, 3.63) is 39.5 Å². The van der Waals surface area contributed by atoms with Crippen LogP contribution in [0.15, 0.2) is 18.2 Å². The molecule has 3 rings (SSSR count). The molecular weight excluding hydrogens is 381 g/mol. The molecule has 0 radical (unpaired) electrons. The van der Waals surface area contributed by atoms with Gasteiger partial charge in [-0.3, -0.25) is 0 Å². The van der Waals surface area contributed by atoms with Crippen molar-refractivity contribution in [1.29, 1.82) is 0 Å². The topological polar surface area (TPSA) is 60.0 Å². The molecule has 0 bridgehead atoms. The molecule has 138 valence electrons. The molecule has 1 aromatic heterocycles. The Hall–Kier alpha value is -1.01. The van der Waals surface area contributed by atoms with Crippen LogP contribution in [0.1, 0.15) is 36.9 Å². The Bertz CT molecular complexity index is 683.